The number of ether oxygens (including phenoxy) is 3. The third-order valence-corrected chi connectivity index (χ3v) is 3.86. The molecule has 0 fully saturated rings. The van der Waals surface area contributed by atoms with Crippen molar-refractivity contribution in [3.63, 3.8) is 0 Å². The molecular formula is C21H19ClO6. The van der Waals surface area contributed by atoms with Crippen LogP contribution in [0, 0.1) is 0 Å². The van der Waals surface area contributed by atoms with E-state index in [1.165, 1.54) is 13.2 Å². The third kappa shape index (κ3) is 6.89. The minimum absolute atomic E-state index is 0.0892. The van der Waals surface area contributed by atoms with Crippen LogP contribution < -0.4 is 4.74 Å². The molecular weight excluding hydrogens is 384 g/mol. The van der Waals surface area contributed by atoms with Crippen molar-refractivity contribution in [2.24, 2.45) is 0 Å². The Labute approximate surface area is 167 Å². The lowest BCUT2D eigenvalue weighted by Crippen LogP contribution is -2.15. The van der Waals surface area contributed by atoms with E-state index in [0.717, 1.165) is 0 Å². The second-order valence-electron chi connectivity index (χ2n) is 5.59. The minimum atomic E-state index is -0.695. The Morgan fingerprint density at radius 1 is 1.00 bits per heavy atom. The van der Waals surface area contributed by atoms with Crippen molar-refractivity contribution in [3.05, 3.63) is 70.8 Å². The summed E-state index contributed by atoms with van der Waals surface area (Å²) >= 11 is 5.93. The van der Waals surface area contributed by atoms with Crippen LogP contribution in [0.1, 0.15) is 22.3 Å². The first kappa shape index (κ1) is 21.2. The molecule has 28 heavy (non-hydrogen) atoms. The van der Waals surface area contributed by atoms with Gasteiger partial charge in [-0.1, -0.05) is 41.9 Å². The Hall–Kier alpha value is -3.12. The van der Waals surface area contributed by atoms with E-state index in [2.05, 4.69) is 0 Å². The molecule has 0 amide bonds. The van der Waals surface area contributed by atoms with Gasteiger partial charge in [0.25, 0.3) is 0 Å². The van der Waals surface area contributed by atoms with Crippen molar-refractivity contribution in [2.45, 2.75) is 6.42 Å². The summed E-state index contributed by atoms with van der Waals surface area (Å²) in [5.41, 5.74) is 1.11. The van der Waals surface area contributed by atoms with Gasteiger partial charge in [-0.25, -0.2) is 4.79 Å². The highest BCUT2D eigenvalue weighted by Gasteiger charge is 2.10. The van der Waals surface area contributed by atoms with Gasteiger partial charge in [0, 0.05) is 0 Å². The number of halogens is 1. The van der Waals surface area contributed by atoms with Crippen molar-refractivity contribution in [3.8, 4) is 5.75 Å². The van der Waals surface area contributed by atoms with Crippen molar-refractivity contribution in [2.75, 3.05) is 20.3 Å². The number of carbonyl (C=O) groups is 3. The summed E-state index contributed by atoms with van der Waals surface area (Å²) in [5, 5.41) is 0.461. The van der Waals surface area contributed by atoms with Gasteiger partial charge < -0.3 is 14.2 Å². The van der Waals surface area contributed by atoms with Crippen LogP contribution in [0.5, 0.6) is 5.75 Å². The van der Waals surface area contributed by atoms with Crippen LogP contribution >= 0.6 is 11.6 Å². The van der Waals surface area contributed by atoms with Crippen LogP contribution in [0.4, 0.5) is 0 Å². The van der Waals surface area contributed by atoms with E-state index in [1.54, 1.807) is 54.6 Å². The normalized spacial score (nSPS) is 10.5. The Balaban J connectivity index is 1.71. The number of esters is 2. The van der Waals surface area contributed by atoms with Crippen LogP contribution in [-0.4, -0.2) is 38.0 Å². The number of methoxy groups -OCH3 is 1. The summed E-state index contributed by atoms with van der Waals surface area (Å²) in [6, 6.07) is 13.5. The number of carbonyl (C=O) groups excluding carboxylic acids is 3. The Kier molecular flexibility index (Phi) is 8.24. The van der Waals surface area contributed by atoms with Crippen LogP contribution in [0.2, 0.25) is 5.02 Å². The highest BCUT2D eigenvalue weighted by Crippen LogP contribution is 2.25. The second kappa shape index (κ2) is 10.9. The Bertz CT molecular complexity index is 860. The largest absolute Gasteiger partial charge is 0.495 e. The molecule has 6 nitrogen and oxygen atoms in total. The van der Waals surface area contributed by atoms with E-state index >= 15 is 0 Å². The standard InChI is InChI=1S/C21H19ClO6/c1-26-19-13-15(8-10-18(19)22)7-9-17(23)14-20(24)27-11-12-28-21(25)16-5-3-2-4-6-16/h2-10,13H,11-12,14H2,1H3. The zero-order chi connectivity index (χ0) is 20.4. The summed E-state index contributed by atoms with van der Waals surface area (Å²) in [7, 11) is 1.49. The van der Waals surface area contributed by atoms with Gasteiger partial charge in [-0.3, -0.25) is 9.59 Å². The summed E-state index contributed by atoms with van der Waals surface area (Å²) in [6.45, 7) is -0.211. The maximum Gasteiger partial charge on any atom is 0.338 e. The van der Waals surface area contributed by atoms with E-state index in [-0.39, 0.29) is 13.2 Å². The molecule has 0 aliphatic rings. The predicted octanol–water partition coefficient (Wildman–Crippen LogP) is 3.72. The molecule has 2 aromatic carbocycles. The molecule has 146 valence electrons. The van der Waals surface area contributed by atoms with E-state index < -0.39 is 24.1 Å². The SMILES string of the molecule is COc1cc(C=CC(=O)CC(=O)OCCOC(=O)c2ccccc2)ccc1Cl. The molecule has 0 atom stereocenters. The molecule has 0 aliphatic heterocycles. The van der Waals surface area contributed by atoms with Crippen molar-refractivity contribution < 1.29 is 28.6 Å². The topological polar surface area (TPSA) is 78.9 Å². The molecule has 0 aromatic heterocycles. The lowest BCUT2D eigenvalue weighted by molar-refractivity contribution is -0.146. The summed E-state index contributed by atoms with van der Waals surface area (Å²) in [4.78, 5) is 35.2. The highest BCUT2D eigenvalue weighted by molar-refractivity contribution is 6.32. The fraction of sp³-hybridized carbons (Fsp3) is 0.190. The smallest absolute Gasteiger partial charge is 0.338 e. The molecule has 0 saturated carbocycles. The summed E-state index contributed by atoms with van der Waals surface area (Å²) in [6.07, 6.45) is 2.42. The lowest BCUT2D eigenvalue weighted by atomic mass is 10.1. The quantitative estimate of drug-likeness (QED) is 0.275. The number of hydrogen-bond donors (Lipinski definition) is 0. The molecule has 0 radical (unpaired) electrons. The monoisotopic (exact) mass is 402 g/mol. The zero-order valence-corrected chi connectivity index (χ0v) is 16.0. The van der Waals surface area contributed by atoms with Crippen LogP contribution in [0.3, 0.4) is 0 Å². The first-order valence-corrected chi connectivity index (χ1v) is 8.79. The molecule has 0 heterocycles. The van der Waals surface area contributed by atoms with Crippen molar-refractivity contribution in [1.29, 1.82) is 0 Å². The third-order valence-electron chi connectivity index (χ3n) is 3.54. The van der Waals surface area contributed by atoms with Gasteiger partial charge in [0.05, 0.1) is 17.7 Å². The predicted molar refractivity (Wildman–Crippen MR) is 104 cm³/mol. The number of benzene rings is 2. The summed E-state index contributed by atoms with van der Waals surface area (Å²) in [5.74, 6) is -1.13. The minimum Gasteiger partial charge on any atom is -0.495 e. The van der Waals surface area contributed by atoms with Gasteiger partial charge in [-0.2, -0.15) is 0 Å². The molecule has 0 N–H and O–H groups in total. The Morgan fingerprint density at radius 3 is 2.43 bits per heavy atom. The lowest BCUT2D eigenvalue weighted by Gasteiger charge is -2.06. The molecule has 7 heteroatoms. The van der Waals surface area contributed by atoms with Crippen molar-refractivity contribution >= 4 is 35.4 Å². The van der Waals surface area contributed by atoms with E-state index in [1.807, 2.05) is 0 Å². The fourth-order valence-electron chi connectivity index (χ4n) is 2.17. The molecule has 2 rings (SSSR count). The maximum atomic E-state index is 11.8. The van der Waals surface area contributed by atoms with E-state index in [0.29, 0.717) is 21.9 Å². The number of allylic oxidation sites excluding steroid dienone is 1. The molecule has 0 saturated heterocycles. The first-order chi connectivity index (χ1) is 13.5. The number of rotatable bonds is 9. The van der Waals surface area contributed by atoms with Crippen molar-refractivity contribution in [1.82, 2.24) is 0 Å². The van der Waals surface area contributed by atoms with Crippen LogP contribution in [0.25, 0.3) is 6.08 Å². The van der Waals surface area contributed by atoms with E-state index in [4.69, 9.17) is 25.8 Å². The van der Waals surface area contributed by atoms with Gasteiger partial charge >= 0.3 is 11.9 Å². The second-order valence-corrected chi connectivity index (χ2v) is 6.00. The average molecular weight is 403 g/mol. The Morgan fingerprint density at radius 2 is 1.71 bits per heavy atom. The first-order valence-electron chi connectivity index (χ1n) is 8.42. The molecule has 0 spiro atoms. The zero-order valence-electron chi connectivity index (χ0n) is 15.2. The summed E-state index contributed by atoms with van der Waals surface area (Å²) < 4.78 is 15.0. The highest BCUT2D eigenvalue weighted by atomic mass is 35.5. The van der Waals surface area contributed by atoms with Crippen LogP contribution in [-0.2, 0) is 19.1 Å². The molecule has 2 aromatic rings. The molecule has 0 unspecified atom stereocenters. The van der Waals surface area contributed by atoms with E-state index in [9.17, 15) is 14.4 Å². The fourth-order valence-corrected chi connectivity index (χ4v) is 2.36. The average Bonchev–Trinajstić information content (AvgIpc) is 2.71. The van der Waals surface area contributed by atoms with Gasteiger partial charge in [0.15, 0.2) is 5.78 Å². The van der Waals surface area contributed by atoms with Gasteiger partial charge in [0.1, 0.15) is 25.4 Å². The number of hydrogen-bond acceptors (Lipinski definition) is 6. The van der Waals surface area contributed by atoms with Crippen LogP contribution in [0.15, 0.2) is 54.6 Å². The van der Waals surface area contributed by atoms with Gasteiger partial charge in [-0.05, 0) is 35.9 Å². The van der Waals surface area contributed by atoms with Gasteiger partial charge in [0.2, 0.25) is 0 Å². The molecule has 0 aliphatic carbocycles. The maximum absolute atomic E-state index is 11.8. The number of ketones is 1. The van der Waals surface area contributed by atoms with Gasteiger partial charge in [-0.15, -0.1) is 0 Å². The molecule has 0 bridgehead atoms.